The Balaban J connectivity index is 2.21. The van der Waals surface area contributed by atoms with Crippen molar-refractivity contribution in [2.24, 2.45) is 5.73 Å². The number of pyridine rings is 1. The summed E-state index contributed by atoms with van der Waals surface area (Å²) < 4.78 is 0. The molecular formula is C11H11N3O. The maximum Gasteiger partial charge on any atom is 0.221 e. The number of nitrogens with two attached hydrogens (primary N) is 1. The van der Waals surface area contributed by atoms with Crippen LogP contribution < -0.4 is 5.73 Å². The number of H-pyrrole nitrogens is 1. The van der Waals surface area contributed by atoms with Crippen molar-refractivity contribution < 1.29 is 4.79 Å². The van der Waals surface area contributed by atoms with Crippen LogP contribution in [-0.2, 0) is 4.79 Å². The molecule has 0 unspecified atom stereocenters. The molecule has 0 saturated heterocycles. The lowest BCUT2D eigenvalue weighted by Crippen LogP contribution is -2.07. The summed E-state index contributed by atoms with van der Waals surface area (Å²) in [6, 6.07) is 3.88. The minimum absolute atomic E-state index is 0.253. The summed E-state index contributed by atoms with van der Waals surface area (Å²) in [4.78, 5) is 17.8. The van der Waals surface area contributed by atoms with Gasteiger partial charge in [0.25, 0.3) is 0 Å². The van der Waals surface area contributed by atoms with E-state index in [1.807, 2.05) is 24.4 Å². The minimum Gasteiger partial charge on any atom is -0.369 e. The molecule has 4 heteroatoms. The van der Waals surface area contributed by atoms with Crippen molar-refractivity contribution in [1.82, 2.24) is 9.97 Å². The molecule has 3 N–H and O–H groups in total. The molecule has 0 aliphatic carbocycles. The van der Waals surface area contributed by atoms with Crippen molar-refractivity contribution in [1.29, 1.82) is 0 Å². The number of hydrogen-bond donors (Lipinski definition) is 2. The van der Waals surface area contributed by atoms with Gasteiger partial charge in [0.05, 0.1) is 11.0 Å². The van der Waals surface area contributed by atoms with E-state index < -0.39 is 0 Å². The number of nitrogens with one attached hydrogen (secondary N) is 1. The second kappa shape index (κ2) is 3.96. The Kier molecular flexibility index (Phi) is 2.49. The zero-order chi connectivity index (χ0) is 10.7. The zero-order valence-corrected chi connectivity index (χ0v) is 8.10. The number of amides is 1. The van der Waals surface area contributed by atoms with Gasteiger partial charge in [-0.3, -0.25) is 9.78 Å². The molecule has 15 heavy (non-hydrogen) atoms. The van der Waals surface area contributed by atoms with E-state index in [9.17, 15) is 4.79 Å². The zero-order valence-electron chi connectivity index (χ0n) is 8.10. The number of fused-ring (bicyclic) bond motifs is 1. The van der Waals surface area contributed by atoms with E-state index in [-0.39, 0.29) is 12.3 Å². The molecule has 4 nitrogen and oxygen atoms in total. The Morgan fingerprint density at radius 2 is 2.47 bits per heavy atom. The van der Waals surface area contributed by atoms with Gasteiger partial charge in [0, 0.05) is 18.8 Å². The molecule has 0 aliphatic rings. The molecule has 2 aromatic rings. The molecule has 76 valence electrons. The van der Waals surface area contributed by atoms with Gasteiger partial charge in [-0.05, 0) is 17.7 Å². The molecule has 0 saturated carbocycles. The number of rotatable bonds is 3. The molecule has 2 aromatic heterocycles. The van der Waals surface area contributed by atoms with E-state index in [0.29, 0.717) is 0 Å². The summed E-state index contributed by atoms with van der Waals surface area (Å²) >= 11 is 0. The smallest absolute Gasteiger partial charge is 0.221 e. The highest BCUT2D eigenvalue weighted by molar-refractivity contribution is 5.79. The molecular weight excluding hydrogens is 190 g/mol. The Bertz CT molecular complexity index is 513. The lowest BCUT2D eigenvalue weighted by Gasteiger charge is -1.93. The summed E-state index contributed by atoms with van der Waals surface area (Å²) in [6.07, 6.45) is 7.41. The average Bonchev–Trinajstić information content (AvgIpc) is 2.64. The van der Waals surface area contributed by atoms with Crippen LogP contribution in [0.15, 0.2) is 30.6 Å². The monoisotopic (exact) mass is 201 g/mol. The van der Waals surface area contributed by atoms with Crippen LogP contribution in [0.2, 0.25) is 0 Å². The van der Waals surface area contributed by atoms with Gasteiger partial charge in [-0.1, -0.05) is 12.2 Å². The van der Waals surface area contributed by atoms with E-state index >= 15 is 0 Å². The van der Waals surface area contributed by atoms with Crippen LogP contribution in [0.5, 0.6) is 0 Å². The largest absolute Gasteiger partial charge is 0.369 e. The maximum absolute atomic E-state index is 10.5. The number of primary amides is 1. The van der Waals surface area contributed by atoms with E-state index in [2.05, 4.69) is 9.97 Å². The van der Waals surface area contributed by atoms with Crippen LogP contribution in [0.3, 0.4) is 0 Å². The Hall–Kier alpha value is -2.10. The van der Waals surface area contributed by atoms with E-state index in [1.54, 1.807) is 12.3 Å². The molecule has 2 heterocycles. The highest BCUT2D eigenvalue weighted by Gasteiger charge is 1.95. The summed E-state index contributed by atoms with van der Waals surface area (Å²) in [5.41, 5.74) is 7.88. The Morgan fingerprint density at radius 1 is 1.60 bits per heavy atom. The fraction of sp³-hybridized carbons (Fsp3) is 0.0909. The molecule has 0 aliphatic heterocycles. The number of carbonyl (C=O) groups excluding carboxylic acids is 1. The number of nitrogens with zero attached hydrogens (tertiary/aromatic N) is 1. The number of carbonyl (C=O) groups is 1. The van der Waals surface area contributed by atoms with Gasteiger partial charge in [0.1, 0.15) is 0 Å². The SMILES string of the molecule is NC(=O)CC=Cc1cnc2cc[nH]c2c1. The summed E-state index contributed by atoms with van der Waals surface area (Å²) in [7, 11) is 0. The third kappa shape index (κ3) is 2.22. The second-order valence-corrected chi connectivity index (χ2v) is 3.25. The van der Waals surface area contributed by atoms with Crippen molar-refractivity contribution in [2.75, 3.05) is 0 Å². The van der Waals surface area contributed by atoms with Crippen LogP contribution >= 0.6 is 0 Å². The Labute approximate surface area is 86.8 Å². The standard InChI is InChI=1S/C11H11N3O/c12-11(15)3-1-2-8-6-10-9(14-7-8)4-5-13-10/h1-2,4-7,13H,3H2,(H2,12,15). The minimum atomic E-state index is -0.333. The van der Waals surface area contributed by atoms with Gasteiger partial charge in [0.2, 0.25) is 5.91 Å². The van der Waals surface area contributed by atoms with Gasteiger partial charge in [0.15, 0.2) is 0 Å². The number of hydrogen-bond acceptors (Lipinski definition) is 2. The van der Waals surface area contributed by atoms with Gasteiger partial charge >= 0.3 is 0 Å². The summed E-state index contributed by atoms with van der Waals surface area (Å²) in [5.74, 6) is -0.333. The van der Waals surface area contributed by atoms with E-state index in [0.717, 1.165) is 16.6 Å². The lowest BCUT2D eigenvalue weighted by atomic mass is 10.2. The van der Waals surface area contributed by atoms with Crippen molar-refractivity contribution >= 4 is 23.0 Å². The topological polar surface area (TPSA) is 71.8 Å². The van der Waals surface area contributed by atoms with E-state index in [4.69, 9.17) is 5.73 Å². The average molecular weight is 201 g/mol. The van der Waals surface area contributed by atoms with Gasteiger partial charge < -0.3 is 10.7 Å². The quantitative estimate of drug-likeness (QED) is 0.788. The molecule has 1 amide bonds. The fourth-order valence-electron chi connectivity index (χ4n) is 1.35. The molecule has 0 atom stereocenters. The van der Waals surface area contributed by atoms with Crippen LogP contribution in [-0.4, -0.2) is 15.9 Å². The number of aromatic amines is 1. The van der Waals surface area contributed by atoms with Crippen LogP contribution in [0.1, 0.15) is 12.0 Å². The van der Waals surface area contributed by atoms with Crippen molar-refractivity contribution in [3.05, 3.63) is 36.2 Å². The predicted octanol–water partition coefficient (Wildman–Crippen LogP) is 1.45. The first-order valence-corrected chi connectivity index (χ1v) is 4.64. The predicted molar refractivity (Wildman–Crippen MR) is 58.9 cm³/mol. The van der Waals surface area contributed by atoms with Crippen LogP contribution in [0.4, 0.5) is 0 Å². The molecule has 0 radical (unpaired) electrons. The Morgan fingerprint density at radius 3 is 3.27 bits per heavy atom. The van der Waals surface area contributed by atoms with Crippen molar-refractivity contribution in [3.8, 4) is 0 Å². The lowest BCUT2D eigenvalue weighted by molar-refractivity contribution is -0.117. The molecule has 0 spiro atoms. The fourth-order valence-corrected chi connectivity index (χ4v) is 1.35. The van der Waals surface area contributed by atoms with Crippen molar-refractivity contribution in [3.63, 3.8) is 0 Å². The van der Waals surface area contributed by atoms with Crippen molar-refractivity contribution in [2.45, 2.75) is 6.42 Å². The third-order valence-corrected chi connectivity index (χ3v) is 2.05. The molecule has 0 bridgehead atoms. The summed E-state index contributed by atoms with van der Waals surface area (Å²) in [5, 5.41) is 0. The first-order valence-electron chi connectivity index (χ1n) is 4.64. The molecule has 2 rings (SSSR count). The summed E-state index contributed by atoms with van der Waals surface area (Å²) in [6.45, 7) is 0. The molecule has 0 aromatic carbocycles. The third-order valence-electron chi connectivity index (χ3n) is 2.05. The molecule has 0 fully saturated rings. The number of aromatic nitrogens is 2. The van der Waals surface area contributed by atoms with Gasteiger partial charge in [-0.25, -0.2) is 0 Å². The van der Waals surface area contributed by atoms with E-state index in [1.165, 1.54) is 0 Å². The van der Waals surface area contributed by atoms with Gasteiger partial charge in [-0.15, -0.1) is 0 Å². The highest BCUT2D eigenvalue weighted by atomic mass is 16.1. The highest BCUT2D eigenvalue weighted by Crippen LogP contribution is 2.11. The first-order chi connectivity index (χ1) is 7.25. The normalized spacial score (nSPS) is 11.2. The van der Waals surface area contributed by atoms with Crippen LogP contribution in [0.25, 0.3) is 17.1 Å². The second-order valence-electron chi connectivity index (χ2n) is 3.25. The first kappa shape index (κ1) is 9.45. The maximum atomic E-state index is 10.5. The van der Waals surface area contributed by atoms with Crippen LogP contribution in [0, 0.1) is 0 Å². The van der Waals surface area contributed by atoms with Gasteiger partial charge in [-0.2, -0.15) is 0 Å².